The van der Waals surface area contributed by atoms with Gasteiger partial charge in [-0.1, -0.05) is 79.5 Å². The fraction of sp³-hybridized carbons (Fsp3) is 0.316. The van der Waals surface area contributed by atoms with E-state index in [1.54, 1.807) is 30.3 Å². The zero-order valence-corrected chi connectivity index (χ0v) is 31.4. The number of nitrogens with one attached hydrogen (secondary N) is 1. The molecule has 0 bridgehead atoms. The van der Waals surface area contributed by atoms with E-state index >= 15 is 0 Å². The third-order valence-corrected chi connectivity index (χ3v) is 10.4. The highest BCUT2D eigenvalue weighted by Crippen LogP contribution is 2.33. The van der Waals surface area contributed by atoms with Gasteiger partial charge in [-0.2, -0.15) is 0 Å². The molecule has 0 aliphatic heterocycles. The molecule has 0 spiro atoms. The molecular formula is C38H43Cl2N3O6S. The van der Waals surface area contributed by atoms with E-state index in [2.05, 4.69) is 5.32 Å². The molecule has 4 aromatic rings. The maximum atomic E-state index is 14.8. The Bertz CT molecular complexity index is 1900. The van der Waals surface area contributed by atoms with Gasteiger partial charge in [-0.05, 0) is 78.4 Å². The summed E-state index contributed by atoms with van der Waals surface area (Å²) in [5.41, 5.74) is 3.26. The summed E-state index contributed by atoms with van der Waals surface area (Å²) in [6, 6.07) is 22.8. The maximum Gasteiger partial charge on any atom is 0.264 e. The van der Waals surface area contributed by atoms with Crippen LogP contribution >= 0.6 is 23.2 Å². The summed E-state index contributed by atoms with van der Waals surface area (Å²) < 4.78 is 40.9. The lowest BCUT2D eigenvalue weighted by Crippen LogP contribution is -2.53. The van der Waals surface area contributed by atoms with Crippen LogP contribution in [0.3, 0.4) is 0 Å². The molecule has 50 heavy (non-hydrogen) atoms. The van der Waals surface area contributed by atoms with Gasteiger partial charge in [0.1, 0.15) is 12.6 Å². The van der Waals surface area contributed by atoms with Crippen LogP contribution in [0.2, 0.25) is 10.0 Å². The average molecular weight is 741 g/mol. The van der Waals surface area contributed by atoms with Crippen molar-refractivity contribution in [1.82, 2.24) is 10.2 Å². The van der Waals surface area contributed by atoms with E-state index in [4.69, 9.17) is 32.7 Å². The number of methoxy groups -OCH3 is 2. The Balaban J connectivity index is 1.87. The smallest absolute Gasteiger partial charge is 0.264 e. The van der Waals surface area contributed by atoms with Crippen LogP contribution in [0.25, 0.3) is 0 Å². The van der Waals surface area contributed by atoms with E-state index in [1.165, 1.54) is 37.3 Å². The number of carbonyl (C=O) groups excluding carboxylic acids is 2. The first-order valence-electron chi connectivity index (χ1n) is 16.1. The van der Waals surface area contributed by atoms with Gasteiger partial charge >= 0.3 is 0 Å². The molecule has 4 rings (SSSR count). The van der Waals surface area contributed by atoms with Gasteiger partial charge in [-0.3, -0.25) is 13.9 Å². The normalized spacial score (nSPS) is 11.9. The van der Waals surface area contributed by atoms with E-state index in [9.17, 15) is 18.0 Å². The van der Waals surface area contributed by atoms with E-state index < -0.39 is 28.5 Å². The SMILES string of the molecule is COc1ccc(S(=O)(=O)N(CC(=O)N(Cc2ccc(Cl)cc2Cl)[C@@H](Cc2ccccc2)C(=O)NCC(C)C)c2cc(C)cc(C)c2)cc1OC. The minimum Gasteiger partial charge on any atom is -0.493 e. The molecule has 0 aromatic heterocycles. The Morgan fingerprint density at radius 3 is 2.10 bits per heavy atom. The van der Waals surface area contributed by atoms with Crippen LogP contribution in [0.1, 0.15) is 36.1 Å². The van der Waals surface area contributed by atoms with Gasteiger partial charge in [-0.15, -0.1) is 0 Å². The lowest BCUT2D eigenvalue weighted by molar-refractivity contribution is -0.140. The number of sulfonamides is 1. The van der Waals surface area contributed by atoms with Crippen molar-refractivity contribution in [2.75, 3.05) is 31.6 Å². The monoisotopic (exact) mass is 739 g/mol. The van der Waals surface area contributed by atoms with Gasteiger partial charge in [0.25, 0.3) is 10.0 Å². The van der Waals surface area contributed by atoms with Crippen LogP contribution in [0.15, 0.2) is 89.8 Å². The molecule has 0 aliphatic rings. The number of ether oxygens (including phenoxy) is 2. The third-order valence-electron chi connectivity index (χ3n) is 8.03. The van der Waals surface area contributed by atoms with Gasteiger partial charge < -0.3 is 19.7 Å². The molecule has 2 amide bonds. The number of halogens is 2. The van der Waals surface area contributed by atoms with Gasteiger partial charge in [0.15, 0.2) is 11.5 Å². The molecule has 0 unspecified atom stereocenters. The maximum absolute atomic E-state index is 14.8. The molecule has 9 nitrogen and oxygen atoms in total. The Morgan fingerprint density at radius 1 is 0.840 bits per heavy atom. The van der Waals surface area contributed by atoms with E-state index in [-0.39, 0.29) is 35.4 Å². The molecule has 12 heteroatoms. The minimum atomic E-state index is -4.38. The van der Waals surface area contributed by atoms with Gasteiger partial charge in [0.2, 0.25) is 11.8 Å². The van der Waals surface area contributed by atoms with Gasteiger partial charge in [-0.25, -0.2) is 8.42 Å². The second-order valence-corrected chi connectivity index (χ2v) is 15.2. The predicted octanol–water partition coefficient (Wildman–Crippen LogP) is 7.24. The highest BCUT2D eigenvalue weighted by atomic mass is 35.5. The van der Waals surface area contributed by atoms with Crippen molar-refractivity contribution in [1.29, 1.82) is 0 Å². The largest absolute Gasteiger partial charge is 0.493 e. The van der Waals surface area contributed by atoms with Crippen molar-refractivity contribution < 1.29 is 27.5 Å². The summed E-state index contributed by atoms with van der Waals surface area (Å²) in [5.74, 6) is -0.272. The number of hydrogen-bond donors (Lipinski definition) is 1. The van der Waals surface area contributed by atoms with Crippen LogP contribution in [-0.2, 0) is 32.6 Å². The summed E-state index contributed by atoms with van der Waals surface area (Å²) in [4.78, 5) is 30.1. The quantitative estimate of drug-likeness (QED) is 0.138. The number of carbonyl (C=O) groups is 2. The third kappa shape index (κ3) is 9.71. The standard InChI is InChI=1S/C38H43Cl2N3O6S/c1-25(2)22-41-38(45)34(19-28-10-8-7-9-11-28)42(23-29-12-13-30(39)20-33(29)40)37(44)24-43(31-17-26(3)16-27(4)18-31)50(46,47)32-14-15-35(48-5)36(21-32)49-6/h7-18,20-21,25,34H,19,22-24H2,1-6H3,(H,41,45)/t34-/m0/s1. The van der Waals surface area contributed by atoms with Crippen LogP contribution in [0, 0.1) is 19.8 Å². The Morgan fingerprint density at radius 2 is 1.50 bits per heavy atom. The Labute approximate surface area is 305 Å². The molecule has 0 radical (unpaired) electrons. The summed E-state index contributed by atoms with van der Waals surface area (Å²) >= 11 is 12.8. The zero-order chi connectivity index (χ0) is 36.6. The minimum absolute atomic E-state index is 0.0848. The summed E-state index contributed by atoms with van der Waals surface area (Å²) in [7, 11) is -1.51. The van der Waals surface area contributed by atoms with E-state index in [1.807, 2.05) is 64.1 Å². The first kappa shape index (κ1) is 38.6. The number of hydrogen-bond acceptors (Lipinski definition) is 6. The number of nitrogens with zero attached hydrogens (tertiary/aromatic N) is 2. The molecular weight excluding hydrogens is 697 g/mol. The topological polar surface area (TPSA) is 105 Å². The predicted molar refractivity (Wildman–Crippen MR) is 199 cm³/mol. The molecule has 0 saturated heterocycles. The van der Waals surface area contributed by atoms with Crippen LogP contribution < -0.4 is 19.1 Å². The fourth-order valence-electron chi connectivity index (χ4n) is 5.54. The van der Waals surface area contributed by atoms with Crippen LogP contribution in [0.4, 0.5) is 5.69 Å². The van der Waals surface area contributed by atoms with Gasteiger partial charge in [0.05, 0.1) is 24.8 Å². The van der Waals surface area contributed by atoms with Crippen molar-refractivity contribution in [2.24, 2.45) is 5.92 Å². The molecule has 0 heterocycles. The van der Waals surface area contributed by atoms with Crippen molar-refractivity contribution in [3.63, 3.8) is 0 Å². The summed E-state index contributed by atoms with van der Waals surface area (Å²) in [5, 5.41) is 3.70. The molecule has 0 saturated carbocycles. The lowest BCUT2D eigenvalue weighted by Gasteiger charge is -2.34. The molecule has 266 valence electrons. The number of amides is 2. The van der Waals surface area contributed by atoms with Crippen molar-refractivity contribution in [3.8, 4) is 11.5 Å². The first-order chi connectivity index (χ1) is 23.7. The highest BCUT2D eigenvalue weighted by Gasteiger charge is 2.35. The number of anilines is 1. The van der Waals surface area contributed by atoms with Gasteiger partial charge in [0, 0.05) is 35.6 Å². The molecule has 1 N–H and O–H groups in total. The molecule has 1 atom stereocenters. The lowest BCUT2D eigenvalue weighted by atomic mass is 10.0. The Hall–Kier alpha value is -4.25. The number of aryl methyl sites for hydroxylation is 2. The molecule has 4 aromatic carbocycles. The fourth-order valence-corrected chi connectivity index (χ4v) is 7.42. The highest BCUT2D eigenvalue weighted by molar-refractivity contribution is 7.92. The van der Waals surface area contributed by atoms with Crippen molar-refractivity contribution in [3.05, 3.63) is 117 Å². The summed E-state index contributed by atoms with van der Waals surface area (Å²) in [6.45, 7) is 7.34. The Kier molecular flexibility index (Phi) is 13.2. The second kappa shape index (κ2) is 17.1. The summed E-state index contributed by atoms with van der Waals surface area (Å²) in [6.07, 6.45) is 0.174. The molecule has 0 aliphatic carbocycles. The zero-order valence-electron chi connectivity index (χ0n) is 29.1. The molecule has 0 fully saturated rings. The average Bonchev–Trinajstić information content (AvgIpc) is 3.07. The second-order valence-electron chi connectivity index (χ2n) is 12.5. The van der Waals surface area contributed by atoms with E-state index in [0.717, 1.165) is 21.0 Å². The van der Waals surface area contributed by atoms with Crippen molar-refractivity contribution >= 4 is 50.7 Å². The number of rotatable bonds is 15. The van der Waals surface area contributed by atoms with Crippen LogP contribution in [-0.4, -0.2) is 58.5 Å². The van der Waals surface area contributed by atoms with Crippen LogP contribution in [0.5, 0.6) is 11.5 Å². The number of benzene rings is 4. The van der Waals surface area contributed by atoms with Crippen molar-refractivity contribution in [2.45, 2.75) is 51.6 Å². The first-order valence-corrected chi connectivity index (χ1v) is 18.3. The van der Waals surface area contributed by atoms with E-state index in [0.29, 0.717) is 33.6 Å².